The minimum Gasteiger partial charge on any atom is -0.462 e. The summed E-state index contributed by atoms with van der Waals surface area (Å²) in [6, 6.07) is 0. The van der Waals surface area contributed by atoms with Crippen LogP contribution < -0.4 is 0 Å². The summed E-state index contributed by atoms with van der Waals surface area (Å²) in [7, 11) is 0. The van der Waals surface area contributed by atoms with Crippen LogP contribution in [0.5, 0.6) is 0 Å². The second-order valence-corrected chi connectivity index (χ2v) is 5.82. The lowest BCUT2D eigenvalue weighted by Crippen LogP contribution is -2.20. The van der Waals surface area contributed by atoms with Gasteiger partial charge in [-0.2, -0.15) is 0 Å². The van der Waals surface area contributed by atoms with Gasteiger partial charge in [0.25, 0.3) is 0 Å². The molecule has 0 radical (unpaired) electrons. The van der Waals surface area contributed by atoms with Gasteiger partial charge in [-0.1, -0.05) is 38.5 Å². The van der Waals surface area contributed by atoms with Gasteiger partial charge in [-0.05, 0) is 37.7 Å². The fraction of sp³-hybridized carbons (Fsp3) is 0.688. The molecule has 2 nitrogen and oxygen atoms in total. The van der Waals surface area contributed by atoms with Gasteiger partial charge in [-0.3, -0.25) is 4.79 Å². The third-order valence-electron chi connectivity index (χ3n) is 3.65. The molecular formula is C16H26O2. The van der Waals surface area contributed by atoms with Crippen molar-refractivity contribution in [3.8, 4) is 0 Å². The first-order chi connectivity index (χ1) is 8.36. The van der Waals surface area contributed by atoms with Crippen molar-refractivity contribution in [3.05, 3.63) is 23.3 Å². The quantitative estimate of drug-likeness (QED) is 0.691. The van der Waals surface area contributed by atoms with Crippen molar-refractivity contribution in [3.63, 3.8) is 0 Å². The van der Waals surface area contributed by atoms with Crippen LogP contribution in [0.4, 0.5) is 0 Å². The zero-order valence-corrected chi connectivity index (χ0v) is 12.4. The number of allylic oxidation sites excluding steroid dienone is 3. The molecule has 0 saturated heterocycles. The standard InChI is InChI=1S/C16H26O2/c1-6-15(17)18-13(3)9-10-14-12(2)8-7-11-16(14,4)5/h8,10,13H,6-7,9,11H2,1-5H3. The van der Waals surface area contributed by atoms with Crippen LogP contribution in [0.25, 0.3) is 0 Å². The molecule has 1 aliphatic carbocycles. The molecule has 0 bridgehead atoms. The van der Waals surface area contributed by atoms with Crippen LogP contribution in [0.3, 0.4) is 0 Å². The molecule has 18 heavy (non-hydrogen) atoms. The summed E-state index contributed by atoms with van der Waals surface area (Å²) in [6.45, 7) is 10.5. The maximum absolute atomic E-state index is 11.2. The number of ether oxygens (including phenoxy) is 1. The molecule has 0 aromatic carbocycles. The Kier molecular flexibility index (Phi) is 5.18. The van der Waals surface area contributed by atoms with E-state index < -0.39 is 0 Å². The van der Waals surface area contributed by atoms with Crippen molar-refractivity contribution in [2.45, 2.75) is 66.4 Å². The molecule has 0 spiro atoms. The minimum atomic E-state index is -0.115. The Labute approximate surface area is 111 Å². The molecule has 0 fully saturated rings. The molecule has 1 rings (SSSR count). The largest absolute Gasteiger partial charge is 0.462 e. The van der Waals surface area contributed by atoms with E-state index in [-0.39, 0.29) is 17.5 Å². The van der Waals surface area contributed by atoms with Gasteiger partial charge in [0.2, 0.25) is 0 Å². The number of carbonyl (C=O) groups excluding carboxylic acids is 1. The maximum atomic E-state index is 11.2. The van der Waals surface area contributed by atoms with Gasteiger partial charge in [0.05, 0.1) is 0 Å². The van der Waals surface area contributed by atoms with Crippen molar-refractivity contribution in [2.24, 2.45) is 5.41 Å². The lowest BCUT2D eigenvalue weighted by molar-refractivity contribution is -0.147. The van der Waals surface area contributed by atoms with E-state index in [1.165, 1.54) is 17.6 Å². The van der Waals surface area contributed by atoms with Gasteiger partial charge in [0.1, 0.15) is 6.10 Å². The first kappa shape index (κ1) is 15.0. The molecule has 0 heterocycles. The Balaban J connectivity index is 2.67. The maximum Gasteiger partial charge on any atom is 0.305 e. The summed E-state index contributed by atoms with van der Waals surface area (Å²) in [5.74, 6) is -0.115. The van der Waals surface area contributed by atoms with Crippen LogP contribution in [-0.4, -0.2) is 12.1 Å². The van der Waals surface area contributed by atoms with E-state index in [0.29, 0.717) is 6.42 Å². The molecule has 2 heteroatoms. The average Bonchev–Trinajstić information content (AvgIpc) is 2.27. The minimum absolute atomic E-state index is 0.0320. The van der Waals surface area contributed by atoms with Gasteiger partial charge in [-0.15, -0.1) is 0 Å². The molecule has 0 amide bonds. The molecule has 0 saturated carbocycles. The Morgan fingerprint density at radius 1 is 1.56 bits per heavy atom. The van der Waals surface area contributed by atoms with E-state index in [4.69, 9.17) is 4.74 Å². The number of hydrogen-bond acceptors (Lipinski definition) is 2. The van der Waals surface area contributed by atoms with Crippen LogP contribution in [0, 0.1) is 5.41 Å². The number of hydrogen-bond donors (Lipinski definition) is 0. The summed E-state index contributed by atoms with van der Waals surface area (Å²) in [6.07, 6.45) is 8.13. The third-order valence-corrected chi connectivity index (χ3v) is 3.65. The SMILES string of the molecule is CCC(=O)OC(C)CC=C1C(C)=CCCC1(C)C. The van der Waals surface area contributed by atoms with Crippen molar-refractivity contribution < 1.29 is 9.53 Å². The van der Waals surface area contributed by atoms with E-state index in [9.17, 15) is 4.79 Å². The predicted octanol–water partition coefficient (Wildman–Crippen LogP) is 4.41. The normalized spacial score (nSPS) is 22.5. The van der Waals surface area contributed by atoms with Crippen LogP contribution >= 0.6 is 0 Å². The fourth-order valence-corrected chi connectivity index (χ4v) is 2.50. The topological polar surface area (TPSA) is 26.3 Å². The Bertz CT molecular complexity index is 361. The van der Waals surface area contributed by atoms with Gasteiger partial charge in [0, 0.05) is 12.8 Å². The average molecular weight is 250 g/mol. The zero-order chi connectivity index (χ0) is 13.8. The molecule has 102 valence electrons. The van der Waals surface area contributed by atoms with Gasteiger partial charge in [-0.25, -0.2) is 0 Å². The number of esters is 1. The van der Waals surface area contributed by atoms with Gasteiger partial charge < -0.3 is 4.74 Å². The number of carbonyl (C=O) groups is 1. The van der Waals surface area contributed by atoms with Crippen LogP contribution in [0.1, 0.15) is 60.3 Å². The second-order valence-electron chi connectivity index (χ2n) is 5.82. The first-order valence-corrected chi connectivity index (χ1v) is 6.94. The molecule has 0 aromatic heterocycles. The molecular weight excluding hydrogens is 224 g/mol. The smallest absolute Gasteiger partial charge is 0.305 e. The third kappa shape index (κ3) is 4.01. The fourth-order valence-electron chi connectivity index (χ4n) is 2.50. The Hall–Kier alpha value is -1.05. The van der Waals surface area contributed by atoms with E-state index >= 15 is 0 Å². The highest BCUT2D eigenvalue weighted by molar-refractivity contribution is 5.69. The van der Waals surface area contributed by atoms with E-state index in [0.717, 1.165) is 12.8 Å². The summed E-state index contributed by atoms with van der Waals surface area (Å²) >= 11 is 0. The highest BCUT2D eigenvalue weighted by atomic mass is 16.5. The van der Waals surface area contributed by atoms with Gasteiger partial charge in [0.15, 0.2) is 0 Å². The lowest BCUT2D eigenvalue weighted by Gasteiger charge is -2.32. The summed E-state index contributed by atoms with van der Waals surface area (Å²) in [5, 5.41) is 0. The Morgan fingerprint density at radius 2 is 2.22 bits per heavy atom. The summed E-state index contributed by atoms with van der Waals surface area (Å²) < 4.78 is 5.29. The van der Waals surface area contributed by atoms with Gasteiger partial charge >= 0.3 is 5.97 Å². The monoisotopic (exact) mass is 250 g/mol. The van der Waals surface area contributed by atoms with E-state index in [1.807, 2.05) is 13.8 Å². The summed E-state index contributed by atoms with van der Waals surface area (Å²) in [5.41, 5.74) is 3.03. The van der Waals surface area contributed by atoms with Crippen LogP contribution in [0.2, 0.25) is 0 Å². The zero-order valence-electron chi connectivity index (χ0n) is 12.4. The van der Waals surface area contributed by atoms with Crippen molar-refractivity contribution in [2.75, 3.05) is 0 Å². The second kappa shape index (κ2) is 6.21. The molecule has 0 N–H and O–H groups in total. The summed E-state index contributed by atoms with van der Waals surface area (Å²) in [4.78, 5) is 11.2. The van der Waals surface area contributed by atoms with Crippen molar-refractivity contribution in [1.29, 1.82) is 0 Å². The molecule has 0 aromatic rings. The molecule has 1 aliphatic rings. The van der Waals surface area contributed by atoms with Crippen molar-refractivity contribution in [1.82, 2.24) is 0 Å². The highest BCUT2D eigenvalue weighted by Gasteiger charge is 2.26. The Morgan fingerprint density at radius 3 is 2.78 bits per heavy atom. The molecule has 0 aliphatic heterocycles. The van der Waals surface area contributed by atoms with E-state index in [1.54, 1.807) is 0 Å². The molecule has 1 unspecified atom stereocenters. The number of rotatable bonds is 4. The first-order valence-electron chi connectivity index (χ1n) is 6.94. The van der Waals surface area contributed by atoms with Crippen LogP contribution in [0.15, 0.2) is 23.3 Å². The highest BCUT2D eigenvalue weighted by Crippen LogP contribution is 2.40. The van der Waals surface area contributed by atoms with Crippen LogP contribution in [-0.2, 0) is 9.53 Å². The van der Waals surface area contributed by atoms with E-state index in [2.05, 4.69) is 32.9 Å². The predicted molar refractivity (Wildman–Crippen MR) is 75.3 cm³/mol. The van der Waals surface area contributed by atoms with Crippen molar-refractivity contribution >= 4 is 5.97 Å². The lowest BCUT2D eigenvalue weighted by atomic mass is 9.73. The molecule has 1 atom stereocenters.